The number of allylic oxidation sites excluding steroid dienone is 1. The quantitative estimate of drug-likeness (QED) is 0.402. The Morgan fingerprint density at radius 2 is 2.00 bits per heavy atom. The second-order valence-corrected chi connectivity index (χ2v) is 6.63. The lowest BCUT2D eigenvalue weighted by Crippen LogP contribution is -2.38. The molecule has 5 nitrogen and oxygen atoms in total. The molecule has 0 fully saturated rings. The van der Waals surface area contributed by atoms with Crippen molar-refractivity contribution in [1.29, 1.82) is 5.26 Å². The van der Waals surface area contributed by atoms with Crippen molar-refractivity contribution in [2.24, 2.45) is 5.14 Å². The van der Waals surface area contributed by atoms with Gasteiger partial charge in [-0.2, -0.15) is 5.26 Å². The van der Waals surface area contributed by atoms with Gasteiger partial charge in [0.2, 0.25) is 0 Å². The molecule has 2 aromatic carbocycles. The van der Waals surface area contributed by atoms with E-state index >= 15 is 0 Å². The van der Waals surface area contributed by atoms with Crippen LogP contribution in [0.15, 0.2) is 59.2 Å². The fourth-order valence-corrected chi connectivity index (χ4v) is 3.08. The van der Waals surface area contributed by atoms with Crippen LogP contribution in [0.3, 0.4) is 0 Å². The summed E-state index contributed by atoms with van der Waals surface area (Å²) in [7, 11) is 1.96. The van der Waals surface area contributed by atoms with Crippen LogP contribution in [0.4, 0.5) is 5.69 Å². The van der Waals surface area contributed by atoms with Gasteiger partial charge >= 0.3 is 0 Å². The fourth-order valence-electron chi connectivity index (χ4n) is 2.22. The van der Waals surface area contributed by atoms with Gasteiger partial charge in [-0.1, -0.05) is 12.6 Å². The molecular weight excluding hydrogens is 400 g/mol. The van der Waals surface area contributed by atoms with Crippen LogP contribution in [-0.2, 0) is 6.54 Å². The van der Waals surface area contributed by atoms with E-state index in [0.29, 0.717) is 17.9 Å². The van der Waals surface area contributed by atoms with Gasteiger partial charge in [0.1, 0.15) is 12.2 Å². The Morgan fingerprint density at radius 1 is 1.32 bits per heavy atom. The number of rotatable bonds is 7. The van der Waals surface area contributed by atoms with E-state index in [0.717, 1.165) is 33.6 Å². The number of halogens is 1. The molecule has 0 heterocycles. The van der Waals surface area contributed by atoms with Crippen molar-refractivity contribution < 1.29 is 4.18 Å². The lowest BCUT2D eigenvalue weighted by Gasteiger charge is -2.36. The van der Waals surface area contributed by atoms with E-state index in [1.807, 2.05) is 49.3 Å². The summed E-state index contributed by atoms with van der Waals surface area (Å²) in [4.78, 5) is 0. The first-order valence-electron chi connectivity index (χ1n) is 7.45. The maximum Gasteiger partial charge on any atom is 0.153 e. The van der Waals surface area contributed by atoms with Gasteiger partial charge in [-0.15, -0.1) is 0 Å². The van der Waals surface area contributed by atoms with Crippen molar-refractivity contribution in [3.8, 4) is 11.8 Å². The Balaban J connectivity index is 2.31. The summed E-state index contributed by atoms with van der Waals surface area (Å²) in [5.41, 5.74) is 3.59. The minimum Gasteiger partial charge on any atom is -0.409 e. The van der Waals surface area contributed by atoms with E-state index in [9.17, 15) is 0 Å². The molecule has 0 spiro atoms. The van der Waals surface area contributed by atoms with Gasteiger partial charge in [0.25, 0.3) is 0 Å². The zero-order valence-corrected chi connectivity index (χ0v) is 16.5. The van der Waals surface area contributed by atoms with Crippen LogP contribution in [0, 0.1) is 11.3 Å². The van der Waals surface area contributed by atoms with Crippen molar-refractivity contribution in [2.75, 3.05) is 12.1 Å². The summed E-state index contributed by atoms with van der Waals surface area (Å²) in [5.74, 6) is 0.675. The molecule has 7 heteroatoms. The maximum atomic E-state index is 8.98. The molecule has 0 saturated heterocycles. The molecular formula is C18H19BrN4OS. The molecule has 2 N–H and O–H groups in total. The first-order valence-corrected chi connectivity index (χ1v) is 9.04. The van der Waals surface area contributed by atoms with E-state index < -0.39 is 0 Å². The summed E-state index contributed by atoms with van der Waals surface area (Å²) in [5, 5.41) is 18.4. The lowest BCUT2D eigenvalue weighted by atomic mass is 10.2. The van der Waals surface area contributed by atoms with Crippen LogP contribution in [0.25, 0.3) is 0 Å². The zero-order valence-electron chi connectivity index (χ0n) is 14.1. The van der Waals surface area contributed by atoms with Gasteiger partial charge in [-0.3, -0.25) is 10.0 Å². The largest absolute Gasteiger partial charge is 0.409 e. The normalized spacial score (nSPS) is 10.0. The van der Waals surface area contributed by atoms with Crippen molar-refractivity contribution >= 4 is 33.8 Å². The molecule has 0 aromatic heterocycles. The van der Waals surface area contributed by atoms with Crippen LogP contribution in [0.1, 0.15) is 18.1 Å². The molecule has 2 aromatic rings. The molecule has 0 aliphatic heterocycles. The van der Waals surface area contributed by atoms with Crippen LogP contribution < -0.4 is 14.3 Å². The average Bonchev–Trinajstić information content (AvgIpc) is 2.61. The summed E-state index contributed by atoms with van der Waals surface area (Å²) in [6, 6.07) is 15.5. The minimum atomic E-state index is 0.629. The third kappa shape index (κ3) is 4.92. The second kappa shape index (κ2) is 8.81. The Bertz CT molecular complexity index is 789. The standard InChI is InChI=1S/C18H19BrN4OS/c1-13(2)22(3)23(16-7-4-14(11-20)5-8-16)12-15-6-9-18(24-25-21)17(19)10-15/h4-10H,1,12,21H2,2-3H3. The highest BCUT2D eigenvalue weighted by atomic mass is 79.9. The predicted molar refractivity (Wildman–Crippen MR) is 106 cm³/mol. The highest BCUT2D eigenvalue weighted by Crippen LogP contribution is 2.29. The van der Waals surface area contributed by atoms with Gasteiger partial charge in [0, 0.05) is 12.7 Å². The van der Waals surface area contributed by atoms with Crippen molar-refractivity contribution in [1.82, 2.24) is 5.01 Å². The monoisotopic (exact) mass is 418 g/mol. The maximum absolute atomic E-state index is 8.98. The summed E-state index contributed by atoms with van der Waals surface area (Å²) in [6.45, 7) is 6.59. The smallest absolute Gasteiger partial charge is 0.153 e. The van der Waals surface area contributed by atoms with E-state index in [2.05, 4.69) is 33.6 Å². The second-order valence-electron chi connectivity index (χ2n) is 5.42. The van der Waals surface area contributed by atoms with Gasteiger partial charge in [0.05, 0.1) is 28.3 Å². The third-order valence-corrected chi connectivity index (χ3v) is 4.57. The number of hydrogen-bond acceptors (Lipinski definition) is 6. The number of hydrogen-bond donors (Lipinski definition) is 1. The van der Waals surface area contributed by atoms with E-state index in [-0.39, 0.29) is 0 Å². The number of nitriles is 1. The summed E-state index contributed by atoms with van der Waals surface area (Å²) < 4.78 is 6.11. The van der Waals surface area contributed by atoms with Gasteiger partial charge in [-0.25, -0.2) is 5.14 Å². The van der Waals surface area contributed by atoms with Crippen molar-refractivity contribution in [3.05, 3.63) is 70.3 Å². The molecule has 0 aliphatic carbocycles. The molecule has 25 heavy (non-hydrogen) atoms. The van der Waals surface area contributed by atoms with Crippen molar-refractivity contribution in [3.63, 3.8) is 0 Å². The van der Waals surface area contributed by atoms with Crippen LogP contribution >= 0.6 is 28.2 Å². The average molecular weight is 419 g/mol. The van der Waals surface area contributed by atoms with Gasteiger partial charge < -0.3 is 4.18 Å². The summed E-state index contributed by atoms with van der Waals surface area (Å²) >= 11 is 4.31. The molecule has 0 atom stereocenters. The first kappa shape index (κ1) is 19.2. The number of nitrogens with zero attached hydrogens (tertiary/aromatic N) is 3. The van der Waals surface area contributed by atoms with Gasteiger partial charge in [-0.05, 0) is 64.8 Å². The molecule has 0 unspecified atom stereocenters. The van der Waals surface area contributed by atoms with E-state index in [4.69, 9.17) is 14.6 Å². The fraction of sp³-hybridized carbons (Fsp3) is 0.167. The van der Waals surface area contributed by atoms with Crippen LogP contribution in [0.2, 0.25) is 0 Å². The number of hydrazine groups is 1. The number of anilines is 1. The summed E-state index contributed by atoms with van der Waals surface area (Å²) in [6.07, 6.45) is 0. The Morgan fingerprint density at radius 3 is 2.52 bits per heavy atom. The Hall–Kier alpha value is -2.14. The van der Waals surface area contributed by atoms with Crippen LogP contribution in [0.5, 0.6) is 5.75 Å². The molecule has 0 radical (unpaired) electrons. The van der Waals surface area contributed by atoms with E-state index in [1.54, 1.807) is 12.1 Å². The highest BCUT2D eigenvalue weighted by Gasteiger charge is 2.14. The minimum absolute atomic E-state index is 0.629. The first-order chi connectivity index (χ1) is 12.0. The highest BCUT2D eigenvalue weighted by molar-refractivity contribution is 9.10. The molecule has 0 bridgehead atoms. The third-order valence-electron chi connectivity index (χ3n) is 3.68. The molecule has 0 amide bonds. The van der Waals surface area contributed by atoms with Crippen molar-refractivity contribution in [2.45, 2.75) is 13.5 Å². The Kier molecular flexibility index (Phi) is 6.76. The zero-order chi connectivity index (χ0) is 18.4. The number of nitrogens with two attached hydrogens (primary N) is 1. The SMILES string of the molecule is C=C(C)N(C)N(Cc1ccc(OSN)c(Br)c1)c1ccc(C#N)cc1. The molecule has 0 aliphatic rings. The predicted octanol–water partition coefficient (Wildman–Crippen LogP) is 4.61. The molecule has 130 valence electrons. The Labute approximate surface area is 161 Å². The topological polar surface area (TPSA) is 65.5 Å². The molecule has 2 rings (SSSR count). The van der Waals surface area contributed by atoms with Crippen LogP contribution in [-0.4, -0.2) is 12.1 Å². The lowest BCUT2D eigenvalue weighted by molar-refractivity contribution is 0.377. The number of benzene rings is 2. The van der Waals surface area contributed by atoms with Gasteiger partial charge in [0.15, 0.2) is 5.75 Å². The van der Waals surface area contributed by atoms with E-state index in [1.165, 1.54) is 0 Å². The molecule has 0 saturated carbocycles.